The molecule has 19 heavy (non-hydrogen) atoms. The van der Waals surface area contributed by atoms with Gasteiger partial charge in [-0.2, -0.15) is 0 Å². The third kappa shape index (κ3) is 5.41. The zero-order valence-corrected chi connectivity index (χ0v) is 12.9. The van der Waals surface area contributed by atoms with Crippen molar-refractivity contribution in [3.8, 4) is 0 Å². The van der Waals surface area contributed by atoms with E-state index in [1.807, 2.05) is 0 Å². The highest BCUT2D eigenvalue weighted by Crippen LogP contribution is 2.20. The highest BCUT2D eigenvalue weighted by Gasteiger charge is 2.27. The predicted molar refractivity (Wildman–Crippen MR) is 80.5 cm³/mol. The molecule has 1 aliphatic heterocycles. The van der Waals surface area contributed by atoms with Gasteiger partial charge >= 0.3 is 0 Å². The molecule has 0 aromatic rings. The Balaban J connectivity index is 1.75. The Hall–Kier alpha value is -0.120. The minimum atomic E-state index is 0.602. The number of hydrogen-bond donors (Lipinski definition) is 1. The average Bonchev–Trinajstić information content (AvgIpc) is 3.26. The lowest BCUT2D eigenvalue weighted by Gasteiger charge is -2.38. The first-order valence-corrected chi connectivity index (χ1v) is 8.38. The average molecular weight is 268 g/mol. The Morgan fingerprint density at radius 3 is 2.84 bits per heavy atom. The van der Waals surface area contributed by atoms with E-state index in [4.69, 9.17) is 4.74 Å². The van der Waals surface area contributed by atoms with E-state index < -0.39 is 0 Å². The molecule has 1 aliphatic carbocycles. The first-order valence-electron chi connectivity index (χ1n) is 8.38. The van der Waals surface area contributed by atoms with Crippen molar-refractivity contribution in [1.29, 1.82) is 0 Å². The van der Waals surface area contributed by atoms with E-state index in [-0.39, 0.29) is 0 Å². The quantitative estimate of drug-likeness (QED) is 0.696. The van der Waals surface area contributed by atoms with Gasteiger partial charge in [0.1, 0.15) is 0 Å². The van der Waals surface area contributed by atoms with Gasteiger partial charge in [0.2, 0.25) is 0 Å². The molecule has 2 atom stereocenters. The SMILES string of the molecule is CCCCC(CC)CN1CCOCC1CNC1CC1. The minimum Gasteiger partial charge on any atom is -0.378 e. The molecule has 1 saturated heterocycles. The fourth-order valence-electron chi connectivity index (χ4n) is 2.96. The Morgan fingerprint density at radius 2 is 2.16 bits per heavy atom. The molecule has 1 N–H and O–H groups in total. The van der Waals surface area contributed by atoms with Crippen molar-refractivity contribution >= 4 is 0 Å². The van der Waals surface area contributed by atoms with Crippen molar-refractivity contribution in [3.63, 3.8) is 0 Å². The number of ether oxygens (including phenoxy) is 1. The largest absolute Gasteiger partial charge is 0.378 e. The van der Waals surface area contributed by atoms with Gasteiger partial charge in [0.05, 0.1) is 13.2 Å². The smallest absolute Gasteiger partial charge is 0.0634 e. The molecule has 2 fully saturated rings. The van der Waals surface area contributed by atoms with E-state index in [0.29, 0.717) is 6.04 Å². The van der Waals surface area contributed by atoms with Crippen molar-refractivity contribution < 1.29 is 4.74 Å². The van der Waals surface area contributed by atoms with Crippen LogP contribution in [0.1, 0.15) is 52.4 Å². The van der Waals surface area contributed by atoms with Crippen molar-refractivity contribution in [2.75, 3.05) is 32.8 Å². The van der Waals surface area contributed by atoms with Gasteiger partial charge in [0.25, 0.3) is 0 Å². The van der Waals surface area contributed by atoms with E-state index >= 15 is 0 Å². The Morgan fingerprint density at radius 1 is 1.32 bits per heavy atom. The molecule has 0 spiro atoms. The molecule has 0 bridgehead atoms. The molecule has 0 radical (unpaired) electrons. The van der Waals surface area contributed by atoms with Crippen LogP contribution >= 0.6 is 0 Å². The molecular formula is C16H32N2O. The van der Waals surface area contributed by atoms with Crippen LogP contribution in [-0.4, -0.2) is 49.8 Å². The van der Waals surface area contributed by atoms with Crippen molar-refractivity contribution in [3.05, 3.63) is 0 Å². The normalized spacial score (nSPS) is 26.5. The fourth-order valence-corrected chi connectivity index (χ4v) is 2.96. The van der Waals surface area contributed by atoms with Crippen LogP contribution < -0.4 is 5.32 Å². The van der Waals surface area contributed by atoms with Crippen LogP contribution in [0.4, 0.5) is 0 Å². The van der Waals surface area contributed by atoms with E-state index in [1.165, 1.54) is 45.1 Å². The third-order valence-electron chi connectivity index (χ3n) is 4.60. The zero-order chi connectivity index (χ0) is 13.5. The van der Waals surface area contributed by atoms with Crippen LogP contribution in [-0.2, 0) is 4.74 Å². The van der Waals surface area contributed by atoms with Gasteiger partial charge in [-0.15, -0.1) is 0 Å². The molecule has 0 aromatic heterocycles. The topological polar surface area (TPSA) is 24.5 Å². The number of nitrogens with zero attached hydrogens (tertiary/aromatic N) is 1. The summed E-state index contributed by atoms with van der Waals surface area (Å²) in [4.78, 5) is 2.68. The summed E-state index contributed by atoms with van der Waals surface area (Å²) < 4.78 is 5.68. The van der Waals surface area contributed by atoms with Gasteiger partial charge < -0.3 is 10.1 Å². The van der Waals surface area contributed by atoms with E-state index in [9.17, 15) is 0 Å². The predicted octanol–water partition coefficient (Wildman–Crippen LogP) is 2.66. The Kier molecular flexibility index (Phi) is 6.62. The summed E-state index contributed by atoms with van der Waals surface area (Å²) >= 11 is 0. The first-order chi connectivity index (χ1) is 9.33. The summed E-state index contributed by atoms with van der Waals surface area (Å²) in [5.41, 5.74) is 0. The van der Waals surface area contributed by atoms with Crippen LogP contribution in [0.15, 0.2) is 0 Å². The van der Waals surface area contributed by atoms with Crippen LogP contribution in [0, 0.1) is 5.92 Å². The lowest BCUT2D eigenvalue weighted by Crippen LogP contribution is -2.52. The molecule has 1 saturated carbocycles. The van der Waals surface area contributed by atoms with E-state index in [2.05, 4.69) is 24.1 Å². The molecule has 0 aromatic carbocycles. The van der Waals surface area contributed by atoms with Gasteiger partial charge in [-0.1, -0.05) is 33.1 Å². The third-order valence-corrected chi connectivity index (χ3v) is 4.60. The Bertz CT molecular complexity index is 243. The molecule has 2 aliphatic rings. The fraction of sp³-hybridized carbons (Fsp3) is 1.00. The molecule has 3 nitrogen and oxygen atoms in total. The molecule has 1 heterocycles. The summed E-state index contributed by atoms with van der Waals surface area (Å²) in [7, 11) is 0. The Labute approximate surface area is 119 Å². The molecular weight excluding hydrogens is 236 g/mol. The molecule has 2 rings (SSSR count). The van der Waals surface area contributed by atoms with Crippen LogP contribution in [0.2, 0.25) is 0 Å². The maximum Gasteiger partial charge on any atom is 0.0634 e. The molecule has 112 valence electrons. The van der Waals surface area contributed by atoms with Crippen molar-refractivity contribution in [1.82, 2.24) is 10.2 Å². The number of unbranched alkanes of at least 4 members (excludes halogenated alkanes) is 1. The van der Waals surface area contributed by atoms with Crippen molar-refractivity contribution in [2.24, 2.45) is 5.92 Å². The highest BCUT2D eigenvalue weighted by molar-refractivity contribution is 4.86. The standard InChI is InChI=1S/C16H32N2O/c1-3-5-6-14(4-2)12-18-9-10-19-13-16(18)11-17-15-7-8-15/h14-17H,3-13H2,1-2H3. The second kappa shape index (κ2) is 8.23. The van der Waals surface area contributed by atoms with Gasteiger partial charge in [0, 0.05) is 31.7 Å². The molecule has 3 heteroatoms. The zero-order valence-electron chi connectivity index (χ0n) is 12.9. The van der Waals surface area contributed by atoms with Crippen LogP contribution in [0.5, 0.6) is 0 Å². The lowest BCUT2D eigenvalue weighted by molar-refractivity contribution is -0.0146. The maximum absolute atomic E-state index is 5.68. The van der Waals surface area contributed by atoms with Gasteiger partial charge in [-0.05, 0) is 25.2 Å². The molecule has 0 amide bonds. The van der Waals surface area contributed by atoms with Gasteiger partial charge in [-0.25, -0.2) is 0 Å². The van der Waals surface area contributed by atoms with Crippen LogP contribution in [0.3, 0.4) is 0 Å². The highest BCUT2D eigenvalue weighted by atomic mass is 16.5. The maximum atomic E-state index is 5.68. The summed E-state index contributed by atoms with van der Waals surface area (Å²) in [6, 6.07) is 1.41. The number of nitrogens with one attached hydrogen (secondary N) is 1. The second-order valence-electron chi connectivity index (χ2n) is 6.32. The van der Waals surface area contributed by atoms with E-state index in [0.717, 1.165) is 38.3 Å². The summed E-state index contributed by atoms with van der Waals surface area (Å²) in [5.74, 6) is 0.876. The van der Waals surface area contributed by atoms with Gasteiger partial charge in [-0.3, -0.25) is 4.90 Å². The first kappa shape index (κ1) is 15.3. The number of morpholine rings is 1. The lowest BCUT2D eigenvalue weighted by atomic mass is 9.98. The van der Waals surface area contributed by atoms with Crippen LogP contribution in [0.25, 0.3) is 0 Å². The van der Waals surface area contributed by atoms with E-state index in [1.54, 1.807) is 0 Å². The number of hydrogen-bond acceptors (Lipinski definition) is 3. The van der Waals surface area contributed by atoms with Crippen molar-refractivity contribution in [2.45, 2.75) is 64.5 Å². The minimum absolute atomic E-state index is 0.602. The summed E-state index contributed by atoms with van der Waals surface area (Å²) in [5, 5.41) is 3.67. The summed E-state index contributed by atoms with van der Waals surface area (Å²) in [6.45, 7) is 10.0. The molecule has 2 unspecified atom stereocenters. The van der Waals surface area contributed by atoms with Gasteiger partial charge in [0.15, 0.2) is 0 Å². The number of rotatable bonds is 9. The summed E-state index contributed by atoms with van der Waals surface area (Å²) in [6.07, 6.45) is 8.18. The second-order valence-corrected chi connectivity index (χ2v) is 6.32. The monoisotopic (exact) mass is 268 g/mol.